The maximum Gasteiger partial charge on any atom is 0.232 e. The summed E-state index contributed by atoms with van der Waals surface area (Å²) in [6.07, 6.45) is 2.64. The Labute approximate surface area is 122 Å². The van der Waals surface area contributed by atoms with Crippen molar-refractivity contribution in [3.63, 3.8) is 0 Å². The molecule has 1 fully saturated rings. The summed E-state index contributed by atoms with van der Waals surface area (Å²) in [6, 6.07) is 6.08. The van der Waals surface area contributed by atoms with Crippen molar-refractivity contribution in [1.29, 1.82) is 0 Å². The van der Waals surface area contributed by atoms with Crippen molar-refractivity contribution in [1.82, 2.24) is 10.5 Å². The number of rotatable bonds is 5. The second-order valence-electron chi connectivity index (χ2n) is 5.42. The quantitative estimate of drug-likeness (QED) is 0.918. The average Bonchev–Trinajstić information content (AvgIpc) is 2.91. The Bertz CT molecular complexity index is 599. The fraction of sp³-hybridized carbons (Fsp3) is 0.467. The van der Waals surface area contributed by atoms with Crippen molar-refractivity contribution in [2.45, 2.75) is 44.6 Å². The molecular formula is C15H18N2O2S. The van der Waals surface area contributed by atoms with Gasteiger partial charge >= 0.3 is 0 Å². The number of aromatic nitrogens is 1. The van der Waals surface area contributed by atoms with Crippen molar-refractivity contribution in [3.8, 4) is 10.6 Å². The van der Waals surface area contributed by atoms with Crippen LogP contribution in [0.4, 0.5) is 0 Å². The van der Waals surface area contributed by atoms with Crippen LogP contribution in [0.5, 0.6) is 0 Å². The van der Waals surface area contributed by atoms with Gasteiger partial charge in [-0.05, 0) is 37.6 Å². The van der Waals surface area contributed by atoms with Gasteiger partial charge in [0.05, 0.1) is 16.0 Å². The lowest BCUT2D eigenvalue weighted by Gasteiger charge is -2.16. The lowest BCUT2D eigenvalue weighted by molar-refractivity contribution is -0.124. The zero-order chi connectivity index (χ0) is 14.2. The maximum atomic E-state index is 12.4. The minimum Gasteiger partial charge on any atom is -0.355 e. The molecule has 2 aromatic rings. The van der Waals surface area contributed by atoms with Crippen molar-refractivity contribution in [2.75, 3.05) is 0 Å². The molecule has 106 valence electrons. The topological polar surface area (TPSA) is 55.1 Å². The molecule has 0 radical (unpaired) electrons. The van der Waals surface area contributed by atoms with Crippen LogP contribution in [0.1, 0.15) is 38.8 Å². The van der Waals surface area contributed by atoms with E-state index in [1.54, 1.807) is 11.3 Å². The maximum absolute atomic E-state index is 12.4. The molecule has 2 aromatic heterocycles. The molecule has 1 atom stereocenters. The van der Waals surface area contributed by atoms with Crippen molar-refractivity contribution >= 4 is 17.2 Å². The van der Waals surface area contributed by atoms with E-state index in [4.69, 9.17) is 4.52 Å². The Balaban J connectivity index is 1.80. The Hall–Kier alpha value is -1.62. The predicted octanol–water partition coefficient (Wildman–Crippen LogP) is 3.35. The van der Waals surface area contributed by atoms with Crippen LogP contribution in [0, 0.1) is 0 Å². The van der Waals surface area contributed by atoms with Crippen LogP contribution in [-0.2, 0) is 10.2 Å². The molecule has 3 rings (SSSR count). The first-order valence-corrected chi connectivity index (χ1v) is 7.86. The third-order valence-electron chi connectivity index (χ3n) is 3.94. The summed E-state index contributed by atoms with van der Waals surface area (Å²) < 4.78 is 5.40. The van der Waals surface area contributed by atoms with Crippen LogP contribution in [0.25, 0.3) is 10.6 Å². The summed E-state index contributed by atoms with van der Waals surface area (Å²) in [4.78, 5) is 13.4. The third kappa shape index (κ3) is 2.26. The predicted molar refractivity (Wildman–Crippen MR) is 78.6 cm³/mol. The molecule has 5 heteroatoms. The minimum absolute atomic E-state index is 0.0814. The number of hydrogen-bond donors (Lipinski definition) is 1. The van der Waals surface area contributed by atoms with Crippen LogP contribution in [-0.4, -0.2) is 17.1 Å². The number of thiophene rings is 1. The van der Waals surface area contributed by atoms with Gasteiger partial charge in [-0.25, -0.2) is 0 Å². The summed E-state index contributed by atoms with van der Waals surface area (Å²) in [5, 5.41) is 9.19. The SMILES string of the molecule is CCC(C)NC(=O)C1(c2cc(-c3cccs3)on2)CC1. The number of carbonyl (C=O) groups excluding carboxylic acids is 1. The van der Waals surface area contributed by atoms with E-state index in [2.05, 4.69) is 17.4 Å². The van der Waals surface area contributed by atoms with Gasteiger partial charge in [0.2, 0.25) is 5.91 Å². The Morgan fingerprint density at radius 1 is 1.60 bits per heavy atom. The van der Waals surface area contributed by atoms with E-state index in [1.165, 1.54) is 0 Å². The van der Waals surface area contributed by atoms with Crippen molar-refractivity contribution < 1.29 is 9.32 Å². The highest BCUT2D eigenvalue weighted by molar-refractivity contribution is 7.13. The smallest absolute Gasteiger partial charge is 0.232 e. The second kappa shape index (κ2) is 5.05. The molecule has 1 N–H and O–H groups in total. The number of amides is 1. The van der Waals surface area contributed by atoms with E-state index >= 15 is 0 Å². The Morgan fingerprint density at radius 2 is 2.40 bits per heavy atom. The summed E-state index contributed by atoms with van der Waals surface area (Å²) in [7, 11) is 0. The molecule has 1 saturated carbocycles. The first-order chi connectivity index (χ1) is 9.65. The number of nitrogens with zero attached hydrogens (tertiary/aromatic N) is 1. The Morgan fingerprint density at radius 3 is 3.00 bits per heavy atom. The molecule has 0 aromatic carbocycles. The van der Waals surface area contributed by atoms with Gasteiger partial charge < -0.3 is 9.84 Å². The molecule has 1 unspecified atom stereocenters. The average molecular weight is 290 g/mol. The summed E-state index contributed by atoms with van der Waals surface area (Å²) >= 11 is 1.61. The van der Waals surface area contributed by atoms with E-state index in [9.17, 15) is 4.79 Å². The van der Waals surface area contributed by atoms with Crippen molar-refractivity contribution in [2.24, 2.45) is 0 Å². The molecule has 0 saturated heterocycles. The van der Waals surface area contributed by atoms with Gasteiger partial charge in [-0.15, -0.1) is 11.3 Å². The van der Waals surface area contributed by atoms with Crippen LogP contribution < -0.4 is 5.32 Å². The molecule has 1 aliphatic rings. The number of nitrogens with one attached hydrogen (secondary N) is 1. The monoisotopic (exact) mass is 290 g/mol. The fourth-order valence-corrected chi connectivity index (χ4v) is 2.90. The first-order valence-electron chi connectivity index (χ1n) is 6.98. The molecule has 0 aliphatic heterocycles. The van der Waals surface area contributed by atoms with Gasteiger partial charge in [-0.2, -0.15) is 0 Å². The standard InChI is InChI=1S/C15H18N2O2S/c1-3-10(2)16-14(18)15(6-7-15)13-9-11(19-17-13)12-5-4-8-20-12/h4-5,8-10H,3,6-7H2,1-2H3,(H,16,18). The molecule has 1 amide bonds. The van der Waals surface area contributed by atoms with Gasteiger partial charge in [-0.3, -0.25) is 4.79 Å². The first kappa shape index (κ1) is 13.4. The van der Waals surface area contributed by atoms with Crippen LogP contribution in [0.3, 0.4) is 0 Å². The summed E-state index contributed by atoms with van der Waals surface area (Å²) in [5.41, 5.74) is 0.310. The highest BCUT2D eigenvalue weighted by Crippen LogP contribution is 2.48. The van der Waals surface area contributed by atoms with E-state index < -0.39 is 5.41 Å². The van der Waals surface area contributed by atoms with E-state index in [1.807, 2.05) is 30.5 Å². The number of hydrogen-bond acceptors (Lipinski definition) is 4. The molecular weight excluding hydrogens is 272 g/mol. The van der Waals surface area contributed by atoms with Gasteiger partial charge in [0.25, 0.3) is 0 Å². The van der Waals surface area contributed by atoms with E-state index in [0.717, 1.165) is 35.6 Å². The van der Waals surface area contributed by atoms with E-state index in [0.29, 0.717) is 0 Å². The normalized spacial score (nSPS) is 17.7. The molecule has 0 spiro atoms. The largest absolute Gasteiger partial charge is 0.355 e. The van der Waals surface area contributed by atoms with Crippen LogP contribution >= 0.6 is 11.3 Å². The lowest BCUT2D eigenvalue weighted by atomic mass is 10.0. The van der Waals surface area contributed by atoms with Crippen LogP contribution in [0.2, 0.25) is 0 Å². The molecule has 20 heavy (non-hydrogen) atoms. The van der Waals surface area contributed by atoms with Gasteiger partial charge in [0, 0.05) is 12.1 Å². The van der Waals surface area contributed by atoms with Gasteiger partial charge in [0.15, 0.2) is 5.76 Å². The van der Waals surface area contributed by atoms with Gasteiger partial charge in [-0.1, -0.05) is 18.1 Å². The molecule has 1 aliphatic carbocycles. The third-order valence-corrected chi connectivity index (χ3v) is 4.82. The highest BCUT2D eigenvalue weighted by Gasteiger charge is 2.53. The highest BCUT2D eigenvalue weighted by atomic mass is 32.1. The molecule has 0 bridgehead atoms. The zero-order valence-corrected chi connectivity index (χ0v) is 12.5. The van der Waals surface area contributed by atoms with Crippen LogP contribution in [0.15, 0.2) is 28.1 Å². The summed E-state index contributed by atoms with van der Waals surface area (Å²) in [6.45, 7) is 4.09. The Kier molecular flexibility index (Phi) is 3.38. The minimum atomic E-state index is -0.456. The number of carbonyl (C=O) groups is 1. The van der Waals surface area contributed by atoms with Crippen molar-refractivity contribution in [3.05, 3.63) is 29.3 Å². The summed E-state index contributed by atoms with van der Waals surface area (Å²) in [5.74, 6) is 0.829. The molecule has 2 heterocycles. The molecule has 4 nitrogen and oxygen atoms in total. The van der Waals surface area contributed by atoms with Gasteiger partial charge in [0.1, 0.15) is 0 Å². The zero-order valence-electron chi connectivity index (χ0n) is 11.7. The fourth-order valence-electron chi connectivity index (χ4n) is 2.22. The lowest BCUT2D eigenvalue weighted by Crippen LogP contribution is -2.40. The second-order valence-corrected chi connectivity index (χ2v) is 6.37. The van der Waals surface area contributed by atoms with E-state index in [-0.39, 0.29) is 11.9 Å².